The first-order valence-corrected chi connectivity index (χ1v) is 8.19. The zero-order valence-corrected chi connectivity index (χ0v) is 17.1. The van der Waals surface area contributed by atoms with Gasteiger partial charge in [-0.2, -0.15) is 13.2 Å². The van der Waals surface area contributed by atoms with Crippen molar-refractivity contribution in [1.29, 1.82) is 0 Å². The van der Waals surface area contributed by atoms with Crippen molar-refractivity contribution >= 4 is 36.4 Å². The van der Waals surface area contributed by atoms with Crippen LogP contribution >= 0.6 is 24.8 Å². The Morgan fingerprint density at radius 2 is 1.90 bits per heavy atom. The highest BCUT2D eigenvalue weighted by Crippen LogP contribution is 2.31. The maximum Gasteiger partial charge on any atom is 0.417 e. The number of hydrogen-bond donors (Lipinski definition) is 2. The van der Waals surface area contributed by atoms with Gasteiger partial charge in [-0.25, -0.2) is 9.37 Å². The van der Waals surface area contributed by atoms with E-state index in [1.54, 1.807) is 0 Å². The van der Waals surface area contributed by atoms with Crippen LogP contribution in [0, 0.1) is 11.7 Å². The molecular formula is C18H21Cl2F4N3O2. The zero-order valence-electron chi connectivity index (χ0n) is 15.5. The van der Waals surface area contributed by atoms with E-state index in [9.17, 15) is 22.4 Å². The lowest BCUT2D eigenvalue weighted by Crippen LogP contribution is -2.40. The summed E-state index contributed by atoms with van der Waals surface area (Å²) in [4.78, 5) is 15.5. The number of halogens is 6. The molecule has 3 N–H and O–H groups in total. The van der Waals surface area contributed by atoms with E-state index in [1.165, 1.54) is 12.1 Å². The van der Waals surface area contributed by atoms with E-state index in [0.29, 0.717) is 6.20 Å². The number of anilines is 1. The van der Waals surface area contributed by atoms with Gasteiger partial charge < -0.3 is 15.8 Å². The number of nitrogens with one attached hydrogen (secondary N) is 1. The van der Waals surface area contributed by atoms with Gasteiger partial charge in [0.05, 0.1) is 11.6 Å². The third kappa shape index (κ3) is 7.34. The molecule has 162 valence electrons. The lowest BCUT2D eigenvalue weighted by molar-refractivity contribution is -0.137. The summed E-state index contributed by atoms with van der Waals surface area (Å²) in [6.07, 6.45) is -3.21. The molecule has 1 amide bonds. The monoisotopic (exact) mass is 457 g/mol. The molecule has 0 saturated heterocycles. The predicted molar refractivity (Wildman–Crippen MR) is 106 cm³/mol. The average Bonchev–Trinajstić information content (AvgIpc) is 2.62. The third-order valence-electron chi connectivity index (χ3n) is 4.04. The second-order valence-electron chi connectivity index (χ2n) is 6.03. The third-order valence-corrected chi connectivity index (χ3v) is 4.04. The van der Waals surface area contributed by atoms with Crippen molar-refractivity contribution in [2.24, 2.45) is 11.7 Å². The molecule has 1 heterocycles. The summed E-state index contributed by atoms with van der Waals surface area (Å²) in [5.74, 6) is -1.74. The maximum atomic E-state index is 14.2. The van der Waals surface area contributed by atoms with Crippen LogP contribution in [0.4, 0.5) is 23.2 Å². The van der Waals surface area contributed by atoms with Crippen molar-refractivity contribution in [3.8, 4) is 11.6 Å². The van der Waals surface area contributed by atoms with E-state index in [2.05, 4.69) is 10.3 Å². The molecule has 0 fully saturated rings. The van der Waals surface area contributed by atoms with Crippen LogP contribution in [0.3, 0.4) is 0 Å². The smallest absolute Gasteiger partial charge is 0.417 e. The first-order chi connectivity index (χ1) is 12.6. The highest BCUT2D eigenvalue weighted by molar-refractivity contribution is 5.94. The van der Waals surface area contributed by atoms with Crippen molar-refractivity contribution in [1.82, 2.24) is 4.98 Å². The van der Waals surface area contributed by atoms with E-state index in [1.807, 2.05) is 13.8 Å². The van der Waals surface area contributed by atoms with Crippen molar-refractivity contribution in [3.63, 3.8) is 0 Å². The second-order valence-corrected chi connectivity index (χ2v) is 6.03. The Morgan fingerprint density at radius 1 is 1.24 bits per heavy atom. The Labute approximate surface area is 177 Å². The Balaban J connectivity index is 0.00000392. The second kappa shape index (κ2) is 11.2. The van der Waals surface area contributed by atoms with Gasteiger partial charge in [-0.1, -0.05) is 20.3 Å². The van der Waals surface area contributed by atoms with E-state index >= 15 is 0 Å². The van der Waals surface area contributed by atoms with Gasteiger partial charge in [0.2, 0.25) is 11.8 Å². The number of carbonyl (C=O) groups is 1. The highest BCUT2D eigenvalue weighted by Gasteiger charge is 2.30. The normalized spacial score (nSPS) is 12.8. The fraction of sp³-hybridized carbons (Fsp3) is 0.333. The Morgan fingerprint density at radius 3 is 2.38 bits per heavy atom. The Kier molecular flexibility index (Phi) is 10.4. The first-order valence-electron chi connectivity index (χ1n) is 8.19. The van der Waals surface area contributed by atoms with Crippen LogP contribution in [-0.4, -0.2) is 16.9 Å². The summed E-state index contributed by atoms with van der Waals surface area (Å²) < 4.78 is 56.8. The SMILES string of the molecule is CCC(C)C(N)C(=O)Nc1ccc(Oc2ccc(C(F)(F)F)cn2)c(F)c1.Cl.Cl. The van der Waals surface area contributed by atoms with Crippen molar-refractivity contribution in [2.45, 2.75) is 32.5 Å². The van der Waals surface area contributed by atoms with Gasteiger partial charge in [-0.3, -0.25) is 4.79 Å². The summed E-state index contributed by atoms with van der Waals surface area (Å²) in [6, 6.07) is 4.70. The fourth-order valence-corrected chi connectivity index (χ4v) is 2.12. The number of nitrogens with two attached hydrogens (primary N) is 1. The highest BCUT2D eigenvalue weighted by atomic mass is 35.5. The lowest BCUT2D eigenvalue weighted by Gasteiger charge is -2.18. The molecule has 2 rings (SSSR count). The van der Waals surface area contributed by atoms with Crippen LogP contribution in [0.15, 0.2) is 36.5 Å². The van der Waals surface area contributed by atoms with Crippen LogP contribution in [0.2, 0.25) is 0 Å². The minimum absolute atomic E-state index is 0. The van der Waals surface area contributed by atoms with Gasteiger partial charge in [0.1, 0.15) is 0 Å². The number of carbonyl (C=O) groups excluding carboxylic acids is 1. The molecule has 0 spiro atoms. The molecular weight excluding hydrogens is 437 g/mol. The number of aromatic nitrogens is 1. The minimum Gasteiger partial charge on any atom is -0.436 e. The van der Waals surface area contributed by atoms with Crippen LogP contribution in [0.25, 0.3) is 0 Å². The van der Waals surface area contributed by atoms with Crippen LogP contribution in [-0.2, 0) is 11.0 Å². The van der Waals surface area contributed by atoms with Crippen LogP contribution in [0.1, 0.15) is 25.8 Å². The van der Waals surface area contributed by atoms with Crippen molar-refractivity contribution in [2.75, 3.05) is 5.32 Å². The molecule has 2 aromatic rings. The maximum absolute atomic E-state index is 14.2. The largest absolute Gasteiger partial charge is 0.436 e. The summed E-state index contributed by atoms with van der Waals surface area (Å²) in [7, 11) is 0. The molecule has 0 saturated carbocycles. The molecule has 1 aromatic carbocycles. The summed E-state index contributed by atoms with van der Waals surface area (Å²) >= 11 is 0. The van der Waals surface area contributed by atoms with Gasteiger partial charge in [-0.15, -0.1) is 24.8 Å². The number of hydrogen-bond acceptors (Lipinski definition) is 4. The van der Waals surface area contributed by atoms with E-state index < -0.39 is 29.5 Å². The fourth-order valence-electron chi connectivity index (χ4n) is 2.12. The Bertz CT molecular complexity index is 805. The number of ether oxygens (including phenoxy) is 1. The van der Waals surface area contributed by atoms with Gasteiger partial charge in [0.15, 0.2) is 11.6 Å². The molecule has 1 aromatic heterocycles. The molecule has 2 atom stereocenters. The average molecular weight is 458 g/mol. The van der Waals surface area contributed by atoms with Crippen molar-refractivity contribution in [3.05, 3.63) is 47.9 Å². The quantitative estimate of drug-likeness (QED) is 0.585. The van der Waals surface area contributed by atoms with E-state index in [4.69, 9.17) is 10.5 Å². The molecule has 0 aliphatic rings. The number of alkyl halides is 3. The number of rotatable bonds is 6. The lowest BCUT2D eigenvalue weighted by atomic mass is 9.99. The number of benzene rings is 1. The topological polar surface area (TPSA) is 77.2 Å². The van der Waals surface area contributed by atoms with Crippen LogP contribution in [0.5, 0.6) is 11.6 Å². The van der Waals surface area contributed by atoms with Gasteiger partial charge in [0, 0.05) is 24.0 Å². The number of nitrogens with zero attached hydrogens (tertiary/aromatic N) is 1. The van der Waals surface area contributed by atoms with E-state index in [0.717, 1.165) is 24.6 Å². The molecule has 0 bridgehead atoms. The number of pyridine rings is 1. The summed E-state index contributed by atoms with van der Waals surface area (Å²) in [5.41, 5.74) is 5.06. The molecule has 5 nitrogen and oxygen atoms in total. The molecule has 11 heteroatoms. The zero-order chi connectivity index (χ0) is 20.2. The predicted octanol–water partition coefficient (Wildman–Crippen LogP) is 5.19. The first kappa shape index (κ1) is 26.9. The Hall–Kier alpha value is -2.10. The standard InChI is InChI=1S/C18H19F4N3O2.2ClH/c1-3-10(2)16(23)17(26)25-12-5-6-14(13(19)8-12)27-15-7-4-11(9-24-15)18(20,21)22;;/h4-10,16H,3,23H2,1-2H3,(H,25,26);2*1H. The van der Waals surface area contributed by atoms with Crippen molar-refractivity contribution < 1.29 is 27.1 Å². The van der Waals surface area contributed by atoms with Gasteiger partial charge >= 0.3 is 6.18 Å². The van der Waals surface area contributed by atoms with Gasteiger partial charge in [0.25, 0.3) is 0 Å². The van der Waals surface area contributed by atoms with Crippen LogP contribution < -0.4 is 15.8 Å². The van der Waals surface area contributed by atoms with Gasteiger partial charge in [-0.05, 0) is 24.1 Å². The molecule has 0 aliphatic heterocycles. The van der Waals surface area contributed by atoms with E-state index in [-0.39, 0.29) is 48.0 Å². The molecule has 29 heavy (non-hydrogen) atoms. The molecule has 0 radical (unpaired) electrons. The molecule has 0 aliphatic carbocycles. The summed E-state index contributed by atoms with van der Waals surface area (Å²) in [5, 5.41) is 2.51. The summed E-state index contributed by atoms with van der Waals surface area (Å²) in [6.45, 7) is 3.73. The number of amides is 1. The minimum atomic E-state index is -4.52. The molecule has 2 unspecified atom stereocenters.